The lowest BCUT2D eigenvalue weighted by molar-refractivity contribution is 0.573. The average molecular weight is 412 g/mol. The van der Waals surface area contributed by atoms with Crippen molar-refractivity contribution in [2.24, 2.45) is 0 Å². The number of nitrogens with one attached hydrogen (secondary N) is 2. The maximum Gasteiger partial charge on any atom is 0.211 e. The fourth-order valence-electron chi connectivity index (χ4n) is 1.94. The van der Waals surface area contributed by atoms with Crippen LogP contribution in [0.15, 0.2) is 42.0 Å². The van der Waals surface area contributed by atoms with Gasteiger partial charge in [-0.25, -0.2) is 13.1 Å². The molecule has 0 aromatic carbocycles. The second kappa shape index (κ2) is 12.6. The SMILES string of the molecule is Cl.Cl.O=S(=O)(CCc1cccs1)NCCCNCc1cccnc1. The third kappa shape index (κ3) is 9.56. The lowest BCUT2D eigenvalue weighted by atomic mass is 10.3. The molecular weight excluding hydrogens is 389 g/mol. The molecule has 2 N–H and O–H groups in total. The van der Waals surface area contributed by atoms with Gasteiger partial charge in [0.2, 0.25) is 10.0 Å². The molecule has 0 radical (unpaired) electrons. The van der Waals surface area contributed by atoms with E-state index in [1.165, 1.54) is 0 Å². The topological polar surface area (TPSA) is 71.1 Å². The van der Waals surface area contributed by atoms with Crippen LogP contribution in [0.2, 0.25) is 0 Å². The van der Waals surface area contributed by atoms with Gasteiger partial charge in [0.05, 0.1) is 5.75 Å². The molecule has 24 heavy (non-hydrogen) atoms. The molecule has 2 aromatic heterocycles. The van der Waals surface area contributed by atoms with E-state index in [1.807, 2.05) is 35.8 Å². The van der Waals surface area contributed by atoms with Gasteiger partial charge in [0.15, 0.2) is 0 Å². The lowest BCUT2D eigenvalue weighted by Crippen LogP contribution is -2.30. The third-order valence-corrected chi connectivity index (χ3v) is 5.42. The summed E-state index contributed by atoms with van der Waals surface area (Å²) in [7, 11) is -3.18. The molecular formula is C15H23Cl2N3O2S2. The number of pyridine rings is 1. The Kier molecular flexibility index (Phi) is 12.3. The van der Waals surface area contributed by atoms with Gasteiger partial charge in [-0.05, 0) is 42.5 Å². The van der Waals surface area contributed by atoms with Gasteiger partial charge in [-0.3, -0.25) is 4.98 Å². The minimum atomic E-state index is -3.18. The Morgan fingerprint density at radius 2 is 1.96 bits per heavy atom. The fraction of sp³-hybridized carbons (Fsp3) is 0.400. The van der Waals surface area contributed by atoms with E-state index < -0.39 is 10.0 Å². The Morgan fingerprint density at radius 3 is 2.62 bits per heavy atom. The molecule has 0 aliphatic rings. The van der Waals surface area contributed by atoms with E-state index in [9.17, 15) is 8.42 Å². The number of sulfonamides is 1. The van der Waals surface area contributed by atoms with Crippen LogP contribution in [0, 0.1) is 0 Å². The van der Waals surface area contributed by atoms with Gasteiger partial charge < -0.3 is 5.32 Å². The Balaban J connectivity index is 0.00000264. The molecule has 0 amide bonds. The molecule has 136 valence electrons. The molecule has 0 aliphatic heterocycles. The summed E-state index contributed by atoms with van der Waals surface area (Å²) < 4.78 is 26.3. The highest BCUT2D eigenvalue weighted by Gasteiger charge is 2.09. The standard InChI is InChI=1S/C15H21N3O2S2.2ClH/c19-22(20,11-6-15-5-2-10-21-15)18-9-3-8-17-13-14-4-1-7-16-12-14;;/h1-2,4-5,7,10,12,17-18H,3,6,8-9,11,13H2;2*1H. The van der Waals surface area contributed by atoms with Crippen LogP contribution < -0.4 is 10.0 Å². The second-order valence-corrected chi connectivity index (χ2v) is 7.89. The second-order valence-electron chi connectivity index (χ2n) is 4.93. The van der Waals surface area contributed by atoms with E-state index in [1.54, 1.807) is 17.5 Å². The summed E-state index contributed by atoms with van der Waals surface area (Å²) in [6.07, 6.45) is 4.90. The molecule has 5 nitrogen and oxygen atoms in total. The van der Waals surface area contributed by atoms with Crippen molar-refractivity contribution in [3.8, 4) is 0 Å². The van der Waals surface area contributed by atoms with Crippen molar-refractivity contribution >= 4 is 46.2 Å². The summed E-state index contributed by atoms with van der Waals surface area (Å²) >= 11 is 1.59. The molecule has 0 unspecified atom stereocenters. The molecule has 2 aromatic rings. The Bertz CT molecular complexity index is 638. The number of rotatable bonds is 10. The Labute approximate surface area is 160 Å². The average Bonchev–Trinajstić information content (AvgIpc) is 3.03. The van der Waals surface area contributed by atoms with Crippen LogP contribution in [0.3, 0.4) is 0 Å². The van der Waals surface area contributed by atoms with Crippen molar-refractivity contribution < 1.29 is 8.42 Å². The molecule has 2 rings (SSSR count). The first-order valence-corrected chi connectivity index (χ1v) is 9.78. The van der Waals surface area contributed by atoms with E-state index in [4.69, 9.17) is 0 Å². The zero-order valence-electron chi connectivity index (χ0n) is 13.2. The molecule has 0 spiro atoms. The van der Waals surface area contributed by atoms with Crippen molar-refractivity contribution in [3.63, 3.8) is 0 Å². The van der Waals surface area contributed by atoms with E-state index in [0.29, 0.717) is 13.0 Å². The normalized spacial score (nSPS) is 10.7. The molecule has 0 bridgehead atoms. The van der Waals surface area contributed by atoms with Gasteiger partial charge in [-0.15, -0.1) is 36.2 Å². The van der Waals surface area contributed by atoms with Crippen LogP contribution in [0.4, 0.5) is 0 Å². The van der Waals surface area contributed by atoms with Crippen molar-refractivity contribution in [1.29, 1.82) is 0 Å². The predicted molar refractivity (Wildman–Crippen MR) is 105 cm³/mol. The molecule has 0 aliphatic carbocycles. The van der Waals surface area contributed by atoms with Crippen molar-refractivity contribution in [1.82, 2.24) is 15.0 Å². The summed E-state index contributed by atoms with van der Waals surface area (Å²) in [6.45, 7) is 1.98. The Morgan fingerprint density at radius 1 is 1.12 bits per heavy atom. The van der Waals surface area contributed by atoms with Crippen molar-refractivity contribution in [3.05, 3.63) is 52.5 Å². The molecule has 0 fully saturated rings. The number of aromatic nitrogens is 1. The number of halogens is 2. The van der Waals surface area contributed by atoms with Crippen LogP contribution in [-0.2, 0) is 23.0 Å². The number of aryl methyl sites for hydroxylation is 1. The summed E-state index contributed by atoms with van der Waals surface area (Å²) in [5.74, 6) is 0.149. The fourth-order valence-corrected chi connectivity index (χ4v) is 3.86. The van der Waals surface area contributed by atoms with Gasteiger partial charge in [0.1, 0.15) is 0 Å². The van der Waals surface area contributed by atoms with Gasteiger partial charge in [0.25, 0.3) is 0 Å². The van der Waals surface area contributed by atoms with Crippen LogP contribution in [0.5, 0.6) is 0 Å². The quantitative estimate of drug-likeness (QED) is 0.589. The van der Waals surface area contributed by atoms with Gasteiger partial charge >= 0.3 is 0 Å². The molecule has 0 atom stereocenters. The molecule has 0 saturated carbocycles. The van der Waals surface area contributed by atoms with E-state index >= 15 is 0 Å². The number of hydrogen-bond donors (Lipinski definition) is 2. The van der Waals surface area contributed by atoms with Crippen molar-refractivity contribution in [2.75, 3.05) is 18.8 Å². The highest BCUT2D eigenvalue weighted by Crippen LogP contribution is 2.09. The zero-order chi connectivity index (χ0) is 15.7. The monoisotopic (exact) mass is 411 g/mol. The van der Waals surface area contributed by atoms with E-state index in [2.05, 4.69) is 15.0 Å². The van der Waals surface area contributed by atoms with Crippen LogP contribution in [-0.4, -0.2) is 32.2 Å². The van der Waals surface area contributed by atoms with Crippen molar-refractivity contribution in [2.45, 2.75) is 19.4 Å². The minimum Gasteiger partial charge on any atom is -0.313 e. The van der Waals surface area contributed by atoms with Crippen LogP contribution in [0.25, 0.3) is 0 Å². The van der Waals surface area contributed by atoms with E-state index in [0.717, 1.165) is 30.0 Å². The molecule has 2 heterocycles. The van der Waals surface area contributed by atoms with Gasteiger partial charge in [0, 0.05) is 30.4 Å². The maximum absolute atomic E-state index is 11.8. The summed E-state index contributed by atoms with van der Waals surface area (Å²) in [5.41, 5.74) is 1.12. The minimum absolute atomic E-state index is 0. The van der Waals surface area contributed by atoms with Gasteiger partial charge in [-0.1, -0.05) is 12.1 Å². The number of thiophene rings is 1. The largest absolute Gasteiger partial charge is 0.313 e. The lowest BCUT2D eigenvalue weighted by Gasteiger charge is -2.07. The smallest absolute Gasteiger partial charge is 0.211 e. The number of nitrogens with zero attached hydrogens (tertiary/aromatic N) is 1. The third-order valence-electron chi connectivity index (χ3n) is 3.10. The maximum atomic E-state index is 11.8. The first kappa shape index (κ1) is 23.3. The molecule has 0 saturated heterocycles. The summed E-state index contributed by atoms with van der Waals surface area (Å²) in [5, 5.41) is 5.23. The van der Waals surface area contributed by atoms with Crippen LogP contribution >= 0.6 is 36.2 Å². The summed E-state index contributed by atoms with van der Waals surface area (Å²) in [4.78, 5) is 5.14. The highest BCUT2D eigenvalue weighted by molar-refractivity contribution is 7.89. The van der Waals surface area contributed by atoms with E-state index in [-0.39, 0.29) is 30.6 Å². The van der Waals surface area contributed by atoms with Crippen LogP contribution in [0.1, 0.15) is 16.9 Å². The zero-order valence-corrected chi connectivity index (χ0v) is 16.4. The number of hydrogen-bond acceptors (Lipinski definition) is 5. The predicted octanol–water partition coefficient (Wildman–Crippen LogP) is 2.63. The van der Waals surface area contributed by atoms with Gasteiger partial charge in [-0.2, -0.15) is 0 Å². The highest BCUT2D eigenvalue weighted by atomic mass is 35.5. The molecule has 9 heteroatoms. The first-order valence-electron chi connectivity index (χ1n) is 7.25. The Hall–Kier alpha value is -0.700. The first-order chi connectivity index (χ1) is 10.7. The summed E-state index contributed by atoms with van der Waals surface area (Å²) in [6, 6.07) is 7.81.